The SMILES string of the molecule is CC[C@@H](N)C(=O)N1CCNC(=O)C1. The Morgan fingerprint density at radius 2 is 2.46 bits per heavy atom. The molecule has 2 amide bonds. The molecular formula is C8H15N3O2. The number of nitrogens with zero attached hydrogens (tertiary/aromatic N) is 1. The molecule has 0 aromatic rings. The minimum absolute atomic E-state index is 0.108. The summed E-state index contributed by atoms with van der Waals surface area (Å²) >= 11 is 0. The van der Waals surface area contributed by atoms with Crippen LogP contribution in [0.3, 0.4) is 0 Å². The van der Waals surface area contributed by atoms with Crippen LogP contribution in [-0.4, -0.2) is 42.4 Å². The largest absolute Gasteiger partial charge is 0.353 e. The fourth-order valence-electron chi connectivity index (χ4n) is 1.24. The monoisotopic (exact) mass is 185 g/mol. The first-order valence-corrected chi connectivity index (χ1v) is 4.46. The lowest BCUT2D eigenvalue weighted by Gasteiger charge is -2.28. The Morgan fingerprint density at radius 1 is 1.77 bits per heavy atom. The Kier molecular flexibility index (Phi) is 3.25. The number of rotatable bonds is 2. The maximum atomic E-state index is 11.5. The van der Waals surface area contributed by atoms with Gasteiger partial charge in [0, 0.05) is 13.1 Å². The molecule has 0 aromatic heterocycles. The average molecular weight is 185 g/mol. The molecule has 1 fully saturated rings. The summed E-state index contributed by atoms with van der Waals surface area (Å²) in [5.41, 5.74) is 5.57. The lowest BCUT2D eigenvalue weighted by molar-refractivity contribution is -0.139. The van der Waals surface area contributed by atoms with E-state index in [-0.39, 0.29) is 18.4 Å². The Bertz CT molecular complexity index is 217. The smallest absolute Gasteiger partial charge is 0.240 e. The van der Waals surface area contributed by atoms with E-state index in [4.69, 9.17) is 5.73 Å². The molecule has 1 rings (SSSR count). The molecule has 5 heteroatoms. The number of amides is 2. The lowest BCUT2D eigenvalue weighted by atomic mass is 10.2. The van der Waals surface area contributed by atoms with Crippen molar-refractivity contribution in [2.24, 2.45) is 5.73 Å². The summed E-state index contributed by atoms with van der Waals surface area (Å²) in [6, 6.07) is -0.467. The van der Waals surface area contributed by atoms with E-state index in [0.29, 0.717) is 19.5 Å². The number of nitrogens with one attached hydrogen (secondary N) is 1. The number of hydrogen-bond acceptors (Lipinski definition) is 3. The predicted octanol–water partition coefficient (Wildman–Crippen LogP) is -1.32. The van der Waals surface area contributed by atoms with Crippen molar-refractivity contribution >= 4 is 11.8 Å². The summed E-state index contributed by atoms with van der Waals surface area (Å²) < 4.78 is 0. The normalized spacial score (nSPS) is 19.5. The molecule has 0 saturated carbocycles. The zero-order chi connectivity index (χ0) is 9.84. The van der Waals surface area contributed by atoms with Crippen LogP contribution < -0.4 is 11.1 Å². The van der Waals surface area contributed by atoms with Crippen molar-refractivity contribution in [3.05, 3.63) is 0 Å². The maximum Gasteiger partial charge on any atom is 0.240 e. The van der Waals surface area contributed by atoms with Gasteiger partial charge in [-0.25, -0.2) is 0 Å². The highest BCUT2D eigenvalue weighted by molar-refractivity contribution is 5.88. The van der Waals surface area contributed by atoms with E-state index < -0.39 is 6.04 Å². The molecule has 0 spiro atoms. The van der Waals surface area contributed by atoms with E-state index in [1.807, 2.05) is 6.92 Å². The van der Waals surface area contributed by atoms with Crippen LogP contribution >= 0.6 is 0 Å². The number of carbonyl (C=O) groups excluding carboxylic acids is 2. The van der Waals surface area contributed by atoms with Crippen LogP contribution in [-0.2, 0) is 9.59 Å². The molecule has 1 aliphatic heterocycles. The van der Waals surface area contributed by atoms with Crippen LogP contribution in [0, 0.1) is 0 Å². The lowest BCUT2D eigenvalue weighted by Crippen LogP contribution is -2.54. The van der Waals surface area contributed by atoms with Gasteiger partial charge in [-0.2, -0.15) is 0 Å². The van der Waals surface area contributed by atoms with Gasteiger partial charge in [-0.3, -0.25) is 9.59 Å². The number of hydrogen-bond donors (Lipinski definition) is 2. The third kappa shape index (κ3) is 2.42. The molecule has 0 radical (unpaired) electrons. The number of carbonyl (C=O) groups is 2. The molecule has 1 heterocycles. The molecule has 0 aromatic carbocycles. The van der Waals surface area contributed by atoms with Gasteiger partial charge in [0.1, 0.15) is 0 Å². The highest BCUT2D eigenvalue weighted by Gasteiger charge is 2.24. The average Bonchev–Trinajstić information content (AvgIpc) is 2.15. The van der Waals surface area contributed by atoms with Crippen LogP contribution in [0.15, 0.2) is 0 Å². The minimum atomic E-state index is -0.467. The highest BCUT2D eigenvalue weighted by Crippen LogP contribution is 1.99. The first kappa shape index (κ1) is 9.98. The molecule has 0 bridgehead atoms. The van der Waals surface area contributed by atoms with E-state index in [1.54, 1.807) is 0 Å². The molecule has 1 saturated heterocycles. The quantitative estimate of drug-likeness (QED) is 0.560. The van der Waals surface area contributed by atoms with Crippen LogP contribution in [0.1, 0.15) is 13.3 Å². The van der Waals surface area contributed by atoms with Gasteiger partial charge in [-0.05, 0) is 6.42 Å². The van der Waals surface area contributed by atoms with Gasteiger partial charge in [-0.1, -0.05) is 6.92 Å². The highest BCUT2D eigenvalue weighted by atomic mass is 16.2. The minimum Gasteiger partial charge on any atom is -0.353 e. The fraction of sp³-hybridized carbons (Fsp3) is 0.750. The van der Waals surface area contributed by atoms with Crippen molar-refractivity contribution < 1.29 is 9.59 Å². The van der Waals surface area contributed by atoms with Crippen molar-refractivity contribution in [2.45, 2.75) is 19.4 Å². The first-order valence-electron chi connectivity index (χ1n) is 4.46. The Balaban J connectivity index is 2.50. The van der Waals surface area contributed by atoms with Crippen molar-refractivity contribution in [1.82, 2.24) is 10.2 Å². The Morgan fingerprint density at radius 3 is 3.00 bits per heavy atom. The molecule has 1 aliphatic rings. The molecule has 74 valence electrons. The maximum absolute atomic E-state index is 11.5. The third-order valence-corrected chi connectivity index (χ3v) is 2.11. The van der Waals surface area contributed by atoms with E-state index in [2.05, 4.69) is 5.32 Å². The van der Waals surface area contributed by atoms with Crippen molar-refractivity contribution in [3.8, 4) is 0 Å². The summed E-state index contributed by atoms with van der Waals surface area (Å²) in [7, 11) is 0. The van der Waals surface area contributed by atoms with Gasteiger partial charge in [0.05, 0.1) is 12.6 Å². The number of piperazine rings is 1. The van der Waals surface area contributed by atoms with E-state index >= 15 is 0 Å². The second-order valence-corrected chi connectivity index (χ2v) is 3.12. The summed E-state index contributed by atoms with van der Waals surface area (Å²) in [4.78, 5) is 23.9. The standard InChI is InChI=1S/C8H15N3O2/c1-2-6(9)8(13)11-4-3-10-7(12)5-11/h6H,2-5,9H2,1H3,(H,10,12)/t6-/m1/s1. The van der Waals surface area contributed by atoms with Gasteiger partial charge < -0.3 is 16.0 Å². The summed E-state index contributed by atoms with van der Waals surface area (Å²) in [6.45, 7) is 3.10. The van der Waals surface area contributed by atoms with Crippen LogP contribution in [0.2, 0.25) is 0 Å². The third-order valence-electron chi connectivity index (χ3n) is 2.11. The van der Waals surface area contributed by atoms with Gasteiger partial charge in [0.25, 0.3) is 0 Å². The van der Waals surface area contributed by atoms with Crippen molar-refractivity contribution in [1.29, 1.82) is 0 Å². The van der Waals surface area contributed by atoms with Crippen LogP contribution in [0.4, 0.5) is 0 Å². The molecule has 13 heavy (non-hydrogen) atoms. The second-order valence-electron chi connectivity index (χ2n) is 3.12. The number of nitrogens with two attached hydrogens (primary N) is 1. The molecule has 5 nitrogen and oxygen atoms in total. The van der Waals surface area contributed by atoms with Crippen molar-refractivity contribution in [2.75, 3.05) is 19.6 Å². The summed E-state index contributed by atoms with van der Waals surface area (Å²) in [5.74, 6) is -0.236. The molecular weight excluding hydrogens is 170 g/mol. The molecule has 3 N–H and O–H groups in total. The zero-order valence-corrected chi connectivity index (χ0v) is 7.75. The van der Waals surface area contributed by atoms with Gasteiger partial charge >= 0.3 is 0 Å². The predicted molar refractivity (Wildman–Crippen MR) is 47.9 cm³/mol. The van der Waals surface area contributed by atoms with Gasteiger partial charge in [-0.15, -0.1) is 0 Å². The Hall–Kier alpha value is -1.10. The van der Waals surface area contributed by atoms with E-state index in [1.165, 1.54) is 4.90 Å². The van der Waals surface area contributed by atoms with Gasteiger partial charge in [0.2, 0.25) is 11.8 Å². The van der Waals surface area contributed by atoms with E-state index in [9.17, 15) is 9.59 Å². The Labute approximate surface area is 77.3 Å². The summed E-state index contributed by atoms with van der Waals surface area (Å²) in [6.07, 6.45) is 0.608. The van der Waals surface area contributed by atoms with Crippen LogP contribution in [0.25, 0.3) is 0 Å². The van der Waals surface area contributed by atoms with E-state index in [0.717, 1.165) is 0 Å². The van der Waals surface area contributed by atoms with Crippen LogP contribution in [0.5, 0.6) is 0 Å². The topological polar surface area (TPSA) is 75.4 Å². The van der Waals surface area contributed by atoms with Crippen molar-refractivity contribution in [3.63, 3.8) is 0 Å². The molecule has 0 aliphatic carbocycles. The van der Waals surface area contributed by atoms with Gasteiger partial charge in [0.15, 0.2) is 0 Å². The summed E-state index contributed by atoms with van der Waals surface area (Å²) in [5, 5.41) is 2.65. The zero-order valence-electron chi connectivity index (χ0n) is 7.75. The molecule has 0 unspecified atom stereocenters. The first-order chi connectivity index (χ1) is 6.15. The molecule has 1 atom stereocenters. The fourth-order valence-corrected chi connectivity index (χ4v) is 1.24. The second kappa shape index (κ2) is 4.23.